The smallest absolute Gasteiger partial charge is 0.251 e. The van der Waals surface area contributed by atoms with E-state index in [-0.39, 0.29) is 23.2 Å². The zero-order valence-corrected chi connectivity index (χ0v) is 15.5. The lowest BCUT2D eigenvalue weighted by molar-refractivity contribution is 0.0952. The van der Waals surface area contributed by atoms with Gasteiger partial charge in [-0.05, 0) is 37.6 Å². The highest BCUT2D eigenvalue weighted by Crippen LogP contribution is 2.19. The topological polar surface area (TPSA) is 92.5 Å². The molecule has 1 amide bonds. The molecule has 1 aromatic rings. The zero-order chi connectivity index (χ0) is 16.8. The first kappa shape index (κ1) is 21.9. The van der Waals surface area contributed by atoms with Gasteiger partial charge in [-0.15, -0.1) is 12.4 Å². The molecule has 0 aliphatic carbocycles. The van der Waals surface area contributed by atoms with Crippen molar-refractivity contribution in [3.63, 3.8) is 0 Å². The van der Waals surface area contributed by atoms with Crippen molar-refractivity contribution in [1.82, 2.24) is 9.62 Å². The summed E-state index contributed by atoms with van der Waals surface area (Å²) in [6.45, 7) is 7.12. The van der Waals surface area contributed by atoms with E-state index < -0.39 is 10.0 Å². The Bertz CT molecular complexity index is 616. The molecule has 23 heavy (non-hydrogen) atoms. The van der Waals surface area contributed by atoms with Crippen molar-refractivity contribution in [3.8, 4) is 0 Å². The number of carbonyl (C=O) groups excluding carboxylic acids is 1. The lowest BCUT2D eigenvalue weighted by Crippen LogP contribution is -2.31. The fourth-order valence-electron chi connectivity index (χ4n) is 2.12. The summed E-state index contributed by atoms with van der Waals surface area (Å²) < 4.78 is 26.4. The number of carbonyl (C=O) groups is 1. The summed E-state index contributed by atoms with van der Waals surface area (Å²) in [5.41, 5.74) is 6.51. The number of hydrogen-bond donors (Lipinski definition) is 2. The van der Waals surface area contributed by atoms with Crippen LogP contribution in [0.3, 0.4) is 0 Å². The third kappa shape index (κ3) is 5.46. The van der Waals surface area contributed by atoms with Crippen LogP contribution in [0.5, 0.6) is 0 Å². The van der Waals surface area contributed by atoms with Gasteiger partial charge in [-0.1, -0.05) is 19.9 Å². The van der Waals surface area contributed by atoms with Gasteiger partial charge in [0.15, 0.2) is 0 Å². The summed E-state index contributed by atoms with van der Waals surface area (Å²) in [5, 5.41) is 2.75. The number of nitrogens with zero attached hydrogens (tertiary/aromatic N) is 1. The van der Waals surface area contributed by atoms with Crippen molar-refractivity contribution >= 4 is 28.3 Å². The normalized spacial score (nSPS) is 11.2. The van der Waals surface area contributed by atoms with E-state index in [0.717, 1.165) is 5.56 Å². The Morgan fingerprint density at radius 1 is 1.26 bits per heavy atom. The molecule has 3 N–H and O–H groups in total. The molecule has 0 heterocycles. The van der Waals surface area contributed by atoms with Crippen LogP contribution in [0.4, 0.5) is 0 Å². The average Bonchev–Trinajstić information content (AvgIpc) is 2.48. The molecule has 0 spiro atoms. The summed E-state index contributed by atoms with van der Waals surface area (Å²) >= 11 is 0. The molecule has 1 rings (SSSR count). The number of halogens is 1. The van der Waals surface area contributed by atoms with Crippen LogP contribution in [0.25, 0.3) is 0 Å². The largest absolute Gasteiger partial charge is 0.352 e. The van der Waals surface area contributed by atoms with E-state index in [1.165, 1.54) is 10.4 Å². The number of aryl methyl sites for hydroxylation is 1. The predicted octanol–water partition coefficient (Wildman–Crippen LogP) is 1.53. The maximum atomic E-state index is 12.5. The van der Waals surface area contributed by atoms with Gasteiger partial charge >= 0.3 is 0 Å². The van der Waals surface area contributed by atoms with Crippen LogP contribution in [-0.4, -0.2) is 44.8 Å². The zero-order valence-electron chi connectivity index (χ0n) is 13.8. The van der Waals surface area contributed by atoms with Gasteiger partial charge in [0, 0.05) is 25.2 Å². The van der Waals surface area contributed by atoms with E-state index in [0.29, 0.717) is 38.2 Å². The summed E-state index contributed by atoms with van der Waals surface area (Å²) in [5.74, 6) is -0.275. The van der Waals surface area contributed by atoms with Crippen LogP contribution in [0.2, 0.25) is 0 Å². The molecule has 0 saturated carbocycles. The highest BCUT2D eigenvalue weighted by molar-refractivity contribution is 7.89. The minimum Gasteiger partial charge on any atom is -0.352 e. The van der Waals surface area contributed by atoms with Crippen molar-refractivity contribution in [2.45, 2.75) is 32.1 Å². The van der Waals surface area contributed by atoms with Crippen molar-refractivity contribution in [2.75, 3.05) is 26.2 Å². The highest BCUT2D eigenvalue weighted by atomic mass is 35.5. The van der Waals surface area contributed by atoms with Gasteiger partial charge in [-0.2, -0.15) is 4.31 Å². The molecule has 0 fully saturated rings. The molecule has 0 aliphatic heterocycles. The van der Waals surface area contributed by atoms with Crippen LogP contribution >= 0.6 is 12.4 Å². The van der Waals surface area contributed by atoms with Crippen molar-refractivity contribution in [3.05, 3.63) is 29.3 Å². The fourth-order valence-corrected chi connectivity index (χ4v) is 3.60. The summed E-state index contributed by atoms with van der Waals surface area (Å²) in [6, 6.07) is 4.65. The number of hydrogen-bond acceptors (Lipinski definition) is 4. The first-order chi connectivity index (χ1) is 10.4. The van der Waals surface area contributed by atoms with Gasteiger partial charge in [-0.25, -0.2) is 8.42 Å². The molecule has 1 aromatic carbocycles. The maximum absolute atomic E-state index is 12.5. The quantitative estimate of drug-likeness (QED) is 0.685. The lowest BCUT2D eigenvalue weighted by Gasteiger charge is -2.19. The van der Waals surface area contributed by atoms with Crippen LogP contribution in [0.1, 0.15) is 36.2 Å². The Hall–Kier alpha value is -1.15. The Morgan fingerprint density at radius 3 is 2.39 bits per heavy atom. The van der Waals surface area contributed by atoms with Crippen molar-refractivity contribution < 1.29 is 13.2 Å². The molecule has 0 radical (unpaired) electrons. The molecule has 0 bridgehead atoms. The van der Waals surface area contributed by atoms with Gasteiger partial charge < -0.3 is 11.1 Å². The lowest BCUT2D eigenvalue weighted by atomic mass is 10.1. The van der Waals surface area contributed by atoms with Gasteiger partial charge in [0.05, 0.1) is 4.90 Å². The summed E-state index contributed by atoms with van der Waals surface area (Å²) in [7, 11) is -3.57. The van der Waals surface area contributed by atoms with Gasteiger partial charge in [0.25, 0.3) is 5.91 Å². The molecule has 132 valence electrons. The first-order valence-electron chi connectivity index (χ1n) is 7.47. The second-order valence-electron chi connectivity index (χ2n) is 4.96. The Balaban J connectivity index is 0.00000484. The van der Waals surface area contributed by atoms with Gasteiger partial charge in [-0.3, -0.25) is 4.79 Å². The molecular formula is C15H26ClN3O3S. The molecule has 6 nitrogen and oxygen atoms in total. The van der Waals surface area contributed by atoms with Crippen molar-refractivity contribution in [2.24, 2.45) is 5.73 Å². The van der Waals surface area contributed by atoms with Crippen molar-refractivity contribution in [1.29, 1.82) is 0 Å². The summed E-state index contributed by atoms with van der Waals surface area (Å²) in [6.07, 6.45) is 0.683. The molecule has 8 heteroatoms. The highest BCUT2D eigenvalue weighted by Gasteiger charge is 2.23. The number of nitrogens with two attached hydrogens (primary N) is 1. The standard InChI is InChI=1S/C15H25N3O3S.ClH/c1-4-18(5-2)22(20,21)13-8-7-12(3)14(11-13)15(19)17-10-6-9-16;/h7-8,11H,4-6,9-10,16H2,1-3H3,(H,17,19);1H. The number of amides is 1. The Kier molecular flexibility index (Phi) is 9.38. The summed E-state index contributed by atoms with van der Waals surface area (Å²) in [4.78, 5) is 12.3. The third-order valence-electron chi connectivity index (χ3n) is 3.46. The molecule has 0 aliphatic rings. The minimum atomic E-state index is -3.57. The average molecular weight is 364 g/mol. The number of nitrogens with one attached hydrogen (secondary N) is 1. The molecule has 0 unspecified atom stereocenters. The van der Waals surface area contributed by atoms with Crippen LogP contribution < -0.4 is 11.1 Å². The second kappa shape index (κ2) is 9.87. The SMILES string of the molecule is CCN(CC)S(=O)(=O)c1ccc(C)c(C(=O)NCCCN)c1.Cl. The monoisotopic (exact) mass is 363 g/mol. The van der Waals surface area contributed by atoms with E-state index in [1.807, 2.05) is 0 Å². The molecular weight excluding hydrogens is 338 g/mol. The first-order valence-corrected chi connectivity index (χ1v) is 8.91. The van der Waals surface area contributed by atoms with E-state index in [2.05, 4.69) is 5.32 Å². The molecule has 0 saturated heterocycles. The third-order valence-corrected chi connectivity index (χ3v) is 5.51. The maximum Gasteiger partial charge on any atom is 0.251 e. The van der Waals surface area contributed by atoms with Gasteiger partial charge in [0.2, 0.25) is 10.0 Å². The van der Waals surface area contributed by atoms with Crippen LogP contribution in [0, 0.1) is 6.92 Å². The second-order valence-corrected chi connectivity index (χ2v) is 6.90. The van der Waals surface area contributed by atoms with E-state index in [9.17, 15) is 13.2 Å². The van der Waals surface area contributed by atoms with E-state index in [1.54, 1.807) is 32.9 Å². The number of rotatable bonds is 8. The van der Waals surface area contributed by atoms with E-state index >= 15 is 0 Å². The molecule has 0 aromatic heterocycles. The number of benzene rings is 1. The minimum absolute atomic E-state index is 0. The molecule has 0 atom stereocenters. The van der Waals surface area contributed by atoms with Crippen LogP contribution in [-0.2, 0) is 10.0 Å². The predicted molar refractivity (Wildman–Crippen MR) is 94.5 cm³/mol. The fraction of sp³-hybridized carbons (Fsp3) is 0.533. The Morgan fingerprint density at radius 2 is 1.87 bits per heavy atom. The van der Waals surface area contributed by atoms with Crippen LogP contribution in [0.15, 0.2) is 23.1 Å². The van der Waals surface area contributed by atoms with E-state index in [4.69, 9.17) is 5.73 Å². The van der Waals surface area contributed by atoms with Gasteiger partial charge in [0.1, 0.15) is 0 Å². The Labute approximate surface area is 144 Å². The number of sulfonamides is 1.